The van der Waals surface area contributed by atoms with Gasteiger partial charge in [0.15, 0.2) is 0 Å². The molecule has 158 valence electrons. The molecule has 0 saturated heterocycles. The molecule has 0 aliphatic carbocycles. The van der Waals surface area contributed by atoms with Crippen LogP contribution in [0.25, 0.3) is 10.1 Å². The molecule has 0 aliphatic heterocycles. The minimum atomic E-state index is -0.313. The molecule has 0 radical (unpaired) electrons. The van der Waals surface area contributed by atoms with Crippen LogP contribution in [-0.4, -0.2) is 24.7 Å². The first kappa shape index (κ1) is 21.2. The van der Waals surface area contributed by atoms with Gasteiger partial charge in [-0.3, -0.25) is 4.98 Å². The Morgan fingerprint density at radius 2 is 2.00 bits per heavy atom. The van der Waals surface area contributed by atoms with Gasteiger partial charge in [-0.2, -0.15) is 0 Å². The van der Waals surface area contributed by atoms with Crippen molar-refractivity contribution in [1.82, 2.24) is 4.98 Å². The van der Waals surface area contributed by atoms with Crippen molar-refractivity contribution in [2.24, 2.45) is 0 Å². The maximum absolute atomic E-state index is 12.7. The molecule has 7 heteroatoms. The summed E-state index contributed by atoms with van der Waals surface area (Å²) in [5, 5.41) is 0.995. The molecule has 31 heavy (non-hydrogen) atoms. The molecule has 0 aliphatic rings. The number of nitrogens with zero attached hydrogens (tertiary/aromatic N) is 1. The van der Waals surface area contributed by atoms with E-state index in [2.05, 4.69) is 4.98 Å². The number of thiophene rings is 1. The highest BCUT2D eigenvalue weighted by Gasteiger charge is 2.21. The predicted molar refractivity (Wildman–Crippen MR) is 123 cm³/mol. The molecular formula is C24H21NO4S2. The fourth-order valence-electron chi connectivity index (χ4n) is 3.01. The van der Waals surface area contributed by atoms with Gasteiger partial charge in [-0.1, -0.05) is 23.9 Å². The van der Waals surface area contributed by atoms with Crippen LogP contribution in [0.1, 0.15) is 22.2 Å². The van der Waals surface area contributed by atoms with Gasteiger partial charge < -0.3 is 14.2 Å². The minimum Gasteiger partial charge on any atom is -0.497 e. The molecule has 0 unspecified atom stereocenters. The summed E-state index contributed by atoms with van der Waals surface area (Å²) < 4.78 is 17.5. The third-order valence-electron chi connectivity index (χ3n) is 4.47. The third-order valence-corrected chi connectivity index (χ3v) is 6.85. The van der Waals surface area contributed by atoms with Gasteiger partial charge in [-0.25, -0.2) is 4.79 Å². The SMILES string of the molecule is CCOC(=O)c1sc2cc(OCc3cccnc3)ccc2c1Sc1cccc(OC)c1. The maximum atomic E-state index is 12.7. The molecule has 2 aromatic heterocycles. The van der Waals surface area contributed by atoms with Crippen molar-refractivity contribution in [3.63, 3.8) is 0 Å². The highest BCUT2D eigenvalue weighted by atomic mass is 32.2. The van der Waals surface area contributed by atoms with Crippen molar-refractivity contribution in [3.05, 3.63) is 77.4 Å². The molecular weight excluding hydrogens is 430 g/mol. The number of rotatable bonds is 8. The number of fused-ring (bicyclic) bond motifs is 1. The fourth-order valence-corrected chi connectivity index (χ4v) is 5.36. The van der Waals surface area contributed by atoms with Gasteiger partial charge in [0, 0.05) is 37.8 Å². The van der Waals surface area contributed by atoms with Gasteiger partial charge in [0.05, 0.1) is 13.7 Å². The van der Waals surface area contributed by atoms with Crippen LogP contribution in [0.5, 0.6) is 11.5 Å². The summed E-state index contributed by atoms with van der Waals surface area (Å²) in [6, 6.07) is 17.5. The number of pyridine rings is 1. The van der Waals surface area contributed by atoms with Crippen LogP contribution in [0.2, 0.25) is 0 Å². The number of methoxy groups -OCH3 is 1. The number of hydrogen-bond acceptors (Lipinski definition) is 7. The second-order valence-electron chi connectivity index (χ2n) is 6.57. The van der Waals surface area contributed by atoms with Crippen molar-refractivity contribution in [2.45, 2.75) is 23.3 Å². The van der Waals surface area contributed by atoms with Crippen LogP contribution < -0.4 is 9.47 Å². The van der Waals surface area contributed by atoms with E-state index >= 15 is 0 Å². The lowest BCUT2D eigenvalue weighted by Crippen LogP contribution is -2.03. The van der Waals surface area contributed by atoms with E-state index in [1.807, 2.05) is 61.5 Å². The standard InChI is InChI=1S/C24H21NO4S2/c1-3-28-24(26)23-22(30-19-8-4-7-17(12-19)27-2)20-10-9-18(13-21(20)31-23)29-15-16-6-5-11-25-14-16/h4-14H,3,15H2,1-2H3. The van der Waals surface area contributed by atoms with E-state index in [4.69, 9.17) is 14.2 Å². The summed E-state index contributed by atoms with van der Waals surface area (Å²) in [7, 11) is 1.64. The Balaban J connectivity index is 1.67. The first-order valence-electron chi connectivity index (χ1n) is 9.75. The zero-order chi connectivity index (χ0) is 21.6. The van der Waals surface area contributed by atoms with E-state index in [1.165, 1.54) is 23.1 Å². The molecule has 0 fully saturated rings. The maximum Gasteiger partial charge on any atom is 0.349 e. The molecule has 2 aromatic carbocycles. The lowest BCUT2D eigenvalue weighted by atomic mass is 10.2. The average molecular weight is 452 g/mol. The highest BCUT2D eigenvalue weighted by molar-refractivity contribution is 7.99. The number of esters is 1. The number of aromatic nitrogens is 1. The summed E-state index contributed by atoms with van der Waals surface area (Å²) in [6.07, 6.45) is 3.52. The van der Waals surface area contributed by atoms with Crippen molar-refractivity contribution in [1.29, 1.82) is 0 Å². The van der Waals surface area contributed by atoms with Crippen LogP contribution >= 0.6 is 23.1 Å². The Morgan fingerprint density at radius 1 is 1.10 bits per heavy atom. The third kappa shape index (κ3) is 5.00. The van der Waals surface area contributed by atoms with Gasteiger partial charge in [0.2, 0.25) is 0 Å². The molecule has 4 rings (SSSR count). The Kier molecular flexibility index (Phi) is 6.74. The fraction of sp³-hybridized carbons (Fsp3) is 0.167. The van der Waals surface area contributed by atoms with Gasteiger partial charge in [0.1, 0.15) is 23.0 Å². The second kappa shape index (κ2) is 9.85. The Morgan fingerprint density at radius 3 is 2.77 bits per heavy atom. The average Bonchev–Trinajstić information content (AvgIpc) is 3.16. The summed E-state index contributed by atoms with van der Waals surface area (Å²) in [4.78, 5) is 19.2. The molecule has 0 amide bonds. The van der Waals surface area contributed by atoms with E-state index < -0.39 is 0 Å². The normalized spacial score (nSPS) is 10.8. The molecule has 2 heterocycles. The number of carbonyl (C=O) groups is 1. The van der Waals surface area contributed by atoms with E-state index in [0.717, 1.165) is 36.9 Å². The molecule has 0 saturated carbocycles. The highest BCUT2D eigenvalue weighted by Crippen LogP contribution is 2.43. The summed E-state index contributed by atoms with van der Waals surface area (Å²) in [6.45, 7) is 2.57. The summed E-state index contributed by atoms with van der Waals surface area (Å²) >= 11 is 2.95. The van der Waals surface area contributed by atoms with Crippen molar-refractivity contribution < 1.29 is 19.0 Å². The van der Waals surface area contributed by atoms with Gasteiger partial charge >= 0.3 is 5.97 Å². The number of hydrogen-bond donors (Lipinski definition) is 0. The van der Waals surface area contributed by atoms with Crippen LogP contribution in [0, 0.1) is 0 Å². The minimum absolute atomic E-state index is 0.313. The van der Waals surface area contributed by atoms with Gasteiger partial charge in [0.25, 0.3) is 0 Å². The first-order chi connectivity index (χ1) is 15.2. The summed E-state index contributed by atoms with van der Waals surface area (Å²) in [5.41, 5.74) is 0.996. The topological polar surface area (TPSA) is 57.7 Å². The molecule has 0 spiro atoms. The Labute approximate surface area is 189 Å². The molecule has 0 N–H and O–H groups in total. The van der Waals surface area contributed by atoms with Crippen molar-refractivity contribution in [2.75, 3.05) is 13.7 Å². The zero-order valence-electron chi connectivity index (χ0n) is 17.2. The monoisotopic (exact) mass is 451 g/mol. The molecule has 0 bridgehead atoms. The molecule has 0 atom stereocenters. The summed E-state index contributed by atoms with van der Waals surface area (Å²) in [5.74, 6) is 1.20. The van der Waals surface area contributed by atoms with E-state index in [9.17, 15) is 4.79 Å². The smallest absolute Gasteiger partial charge is 0.349 e. The van der Waals surface area contributed by atoms with E-state index in [0.29, 0.717) is 18.1 Å². The van der Waals surface area contributed by atoms with Crippen LogP contribution in [-0.2, 0) is 11.3 Å². The second-order valence-corrected chi connectivity index (χ2v) is 8.71. The first-order valence-corrected chi connectivity index (χ1v) is 11.4. The molecule has 4 aromatic rings. The lowest BCUT2D eigenvalue weighted by Gasteiger charge is -2.07. The number of carbonyl (C=O) groups excluding carboxylic acids is 1. The van der Waals surface area contributed by atoms with Crippen LogP contribution in [0.4, 0.5) is 0 Å². The lowest BCUT2D eigenvalue weighted by molar-refractivity contribution is 0.0528. The zero-order valence-corrected chi connectivity index (χ0v) is 18.8. The van der Waals surface area contributed by atoms with E-state index in [1.54, 1.807) is 19.5 Å². The molecule has 5 nitrogen and oxygen atoms in total. The van der Waals surface area contributed by atoms with Crippen LogP contribution in [0.3, 0.4) is 0 Å². The Hall–Kier alpha value is -3.03. The van der Waals surface area contributed by atoms with Crippen molar-refractivity contribution in [3.8, 4) is 11.5 Å². The quantitative estimate of drug-likeness (QED) is 0.297. The van der Waals surface area contributed by atoms with E-state index in [-0.39, 0.29) is 5.97 Å². The van der Waals surface area contributed by atoms with Gasteiger partial charge in [-0.15, -0.1) is 11.3 Å². The predicted octanol–water partition coefficient (Wildman–Crippen LogP) is 6.21. The number of benzene rings is 2. The Bertz CT molecular complexity index is 1190. The van der Waals surface area contributed by atoms with Crippen molar-refractivity contribution >= 4 is 39.2 Å². The number of ether oxygens (including phenoxy) is 3. The largest absolute Gasteiger partial charge is 0.497 e. The van der Waals surface area contributed by atoms with Crippen LogP contribution in [0.15, 0.2) is 76.8 Å². The van der Waals surface area contributed by atoms with Gasteiger partial charge in [-0.05, 0) is 49.4 Å².